The van der Waals surface area contributed by atoms with Crippen LogP contribution in [-0.2, 0) is 9.59 Å². The quantitative estimate of drug-likeness (QED) is 0.341. The van der Waals surface area contributed by atoms with Crippen LogP contribution in [0.3, 0.4) is 0 Å². The highest BCUT2D eigenvalue weighted by Crippen LogP contribution is 2.21. The van der Waals surface area contributed by atoms with E-state index in [2.05, 4.69) is 10.3 Å². The Bertz CT molecular complexity index is 285. The second-order valence-electron chi connectivity index (χ2n) is 4.91. The number of piperidine rings is 1. The van der Waals surface area contributed by atoms with Gasteiger partial charge in [0.15, 0.2) is 0 Å². The lowest BCUT2D eigenvalue weighted by Gasteiger charge is -2.37. The normalized spacial score (nSPS) is 20.2. The Labute approximate surface area is 102 Å². The minimum absolute atomic E-state index is 0.0556. The van der Waals surface area contributed by atoms with Crippen LogP contribution in [-0.4, -0.2) is 35.8 Å². The zero-order chi connectivity index (χ0) is 13.0. The topological polar surface area (TPSA) is 101 Å². The fourth-order valence-corrected chi connectivity index (χ4v) is 2.44. The molecule has 6 heteroatoms. The zero-order valence-corrected chi connectivity index (χ0v) is 10.5. The monoisotopic (exact) mass is 242 g/mol. The van der Waals surface area contributed by atoms with E-state index in [-0.39, 0.29) is 29.7 Å². The van der Waals surface area contributed by atoms with Crippen molar-refractivity contribution in [3.8, 4) is 0 Å². The van der Waals surface area contributed by atoms with Crippen LogP contribution < -0.4 is 17.0 Å². The molecule has 0 saturated carbocycles. The number of nitrogens with one attached hydrogen (secondary N) is 1. The lowest BCUT2D eigenvalue weighted by atomic mass is 9.92. The van der Waals surface area contributed by atoms with Crippen molar-refractivity contribution in [2.24, 2.45) is 23.4 Å². The standard InChI is InChI=1S/C11H22N4O2/c1-7(2)9(11(17)14-13)15-5-3-8(4-6-15)10(12)16/h7-9H,3-6,13H2,1-2H3,(H2,12,16)(H,14,17). The van der Waals surface area contributed by atoms with Crippen molar-refractivity contribution >= 4 is 11.8 Å². The van der Waals surface area contributed by atoms with E-state index >= 15 is 0 Å². The van der Waals surface area contributed by atoms with Crippen molar-refractivity contribution in [3.05, 3.63) is 0 Å². The molecule has 1 unspecified atom stereocenters. The van der Waals surface area contributed by atoms with Gasteiger partial charge in [-0.15, -0.1) is 0 Å². The van der Waals surface area contributed by atoms with Crippen LogP contribution in [0.4, 0.5) is 0 Å². The molecule has 17 heavy (non-hydrogen) atoms. The first-order valence-corrected chi connectivity index (χ1v) is 6.01. The van der Waals surface area contributed by atoms with E-state index < -0.39 is 0 Å². The maximum absolute atomic E-state index is 11.7. The van der Waals surface area contributed by atoms with E-state index in [4.69, 9.17) is 11.6 Å². The molecule has 6 nitrogen and oxygen atoms in total. The highest BCUT2D eigenvalue weighted by Gasteiger charge is 2.32. The molecule has 2 amide bonds. The number of hydrogen-bond acceptors (Lipinski definition) is 4. The maximum Gasteiger partial charge on any atom is 0.251 e. The predicted octanol–water partition coefficient (Wildman–Crippen LogP) is -0.802. The molecule has 0 bridgehead atoms. The first-order chi connectivity index (χ1) is 7.97. The molecule has 1 atom stereocenters. The Balaban J connectivity index is 2.61. The second kappa shape index (κ2) is 5.97. The first kappa shape index (κ1) is 13.9. The molecule has 0 spiro atoms. The van der Waals surface area contributed by atoms with Gasteiger partial charge in [-0.25, -0.2) is 5.84 Å². The number of hydrazine groups is 1. The number of likely N-dealkylation sites (tertiary alicyclic amines) is 1. The van der Waals surface area contributed by atoms with Crippen molar-refractivity contribution in [1.29, 1.82) is 0 Å². The van der Waals surface area contributed by atoms with Gasteiger partial charge < -0.3 is 5.73 Å². The van der Waals surface area contributed by atoms with E-state index in [0.717, 1.165) is 12.8 Å². The predicted molar refractivity (Wildman–Crippen MR) is 64.4 cm³/mol. The summed E-state index contributed by atoms with van der Waals surface area (Å²) >= 11 is 0. The molecular weight excluding hydrogens is 220 g/mol. The SMILES string of the molecule is CC(C)C(C(=O)NN)N1CCC(C(N)=O)CC1. The van der Waals surface area contributed by atoms with Crippen LogP contribution in [0.25, 0.3) is 0 Å². The molecule has 0 aliphatic carbocycles. The lowest BCUT2D eigenvalue weighted by Crippen LogP contribution is -2.54. The van der Waals surface area contributed by atoms with Crippen molar-refractivity contribution in [2.75, 3.05) is 13.1 Å². The van der Waals surface area contributed by atoms with E-state index in [0.29, 0.717) is 13.1 Å². The number of carbonyl (C=O) groups excluding carboxylic acids is 2. The summed E-state index contributed by atoms with van der Waals surface area (Å²) in [6, 6.07) is -0.228. The van der Waals surface area contributed by atoms with Gasteiger partial charge in [-0.2, -0.15) is 0 Å². The van der Waals surface area contributed by atoms with Crippen LogP contribution >= 0.6 is 0 Å². The summed E-state index contributed by atoms with van der Waals surface area (Å²) in [5.74, 6) is 4.91. The smallest absolute Gasteiger partial charge is 0.251 e. The van der Waals surface area contributed by atoms with E-state index in [1.807, 2.05) is 13.8 Å². The van der Waals surface area contributed by atoms with E-state index in [1.54, 1.807) is 0 Å². The molecule has 1 heterocycles. The summed E-state index contributed by atoms with van der Waals surface area (Å²) in [5, 5.41) is 0. The van der Waals surface area contributed by atoms with Gasteiger partial charge in [0, 0.05) is 5.92 Å². The third-order valence-electron chi connectivity index (χ3n) is 3.37. The fraction of sp³-hybridized carbons (Fsp3) is 0.818. The summed E-state index contributed by atoms with van der Waals surface area (Å²) in [6.07, 6.45) is 1.44. The Hall–Kier alpha value is -1.14. The number of hydrogen-bond donors (Lipinski definition) is 3. The Morgan fingerprint density at radius 3 is 2.18 bits per heavy atom. The van der Waals surface area contributed by atoms with Crippen molar-refractivity contribution in [2.45, 2.75) is 32.7 Å². The second-order valence-corrected chi connectivity index (χ2v) is 4.91. The molecule has 0 radical (unpaired) electrons. The molecule has 98 valence electrons. The first-order valence-electron chi connectivity index (χ1n) is 6.01. The number of nitrogens with two attached hydrogens (primary N) is 2. The van der Waals surface area contributed by atoms with Crippen molar-refractivity contribution in [1.82, 2.24) is 10.3 Å². The van der Waals surface area contributed by atoms with Gasteiger partial charge in [-0.05, 0) is 31.8 Å². The van der Waals surface area contributed by atoms with Crippen LogP contribution in [0, 0.1) is 11.8 Å². The Morgan fingerprint density at radius 1 is 1.29 bits per heavy atom. The number of nitrogens with zero attached hydrogens (tertiary/aromatic N) is 1. The summed E-state index contributed by atoms with van der Waals surface area (Å²) in [4.78, 5) is 24.8. The maximum atomic E-state index is 11.7. The molecular formula is C11H22N4O2. The molecule has 0 aromatic carbocycles. The minimum atomic E-state index is -0.242. The van der Waals surface area contributed by atoms with Crippen molar-refractivity contribution in [3.63, 3.8) is 0 Å². The van der Waals surface area contributed by atoms with Gasteiger partial charge in [0.1, 0.15) is 0 Å². The Kier molecular flexibility index (Phi) is 4.89. The summed E-state index contributed by atoms with van der Waals surface area (Å²) in [6.45, 7) is 5.40. The van der Waals surface area contributed by atoms with Crippen LogP contribution in [0.15, 0.2) is 0 Å². The number of primary amides is 1. The van der Waals surface area contributed by atoms with Gasteiger partial charge in [-0.3, -0.25) is 19.9 Å². The average Bonchev–Trinajstić information content (AvgIpc) is 2.29. The molecule has 1 aliphatic rings. The van der Waals surface area contributed by atoms with Crippen LogP contribution in [0.1, 0.15) is 26.7 Å². The third kappa shape index (κ3) is 3.41. The number of rotatable bonds is 4. The summed E-state index contributed by atoms with van der Waals surface area (Å²) in [5.41, 5.74) is 7.48. The fourth-order valence-electron chi connectivity index (χ4n) is 2.44. The molecule has 5 N–H and O–H groups in total. The summed E-state index contributed by atoms with van der Waals surface area (Å²) < 4.78 is 0. The Morgan fingerprint density at radius 2 is 1.82 bits per heavy atom. The minimum Gasteiger partial charge on any atom is -0.369 e. The van der Waals surface area contributed by atoms with E-state index in [9.17, 15) is 9.59 Å². The molecule has 1 rings (SSSR count). The van der Waals surface area contributed by atoms with E-state index in [1.165, 1.54) is 0 Å². The van der Waals surface area contributed by atoms with Gasteiger partial charge >= 0.3 is 0 Å². The average molecular weight is 242 g/mol. The number of amides is 2. The molecule has 0 aromatic rings. The van der Waals surface area contributed by atoms with Crippen LogP contribution in [0.2, 0.25) is 0 Å². The molecule has 1 aliphatic heterocycles. The zero-order valence-electron chi connectivity index (χ0n) is 10.5. The number of carbonyl (C=O) groups is 2. The van der Waals surface area contributed by atoms with Gasteiger partial charge in [0.05, 0.1) is 6.04 Å². The largest absolute Gasteiger partial charge is 0.369 e. The highest BCUT2D eigenvalue weighted by molar-refractivity contribution is 5.81. The molecule has 0 aromatic heterocycles. The van der Waals surface area contributed by atoms with Crippen molar-refractivity contribution < 1.29 is 9.59 Å². The van der Waals surface area contributed by atoms with Crippen LogP contribution in [0.5, 0.6) is 0 Å². The third-order valence-corrected chi connectivity index (χ3v) is 3.37. The van der Waals surface area contributed by atoms with Gasteiger partial charge in [0.25, 0.3) is 5.91 Å². The highest BCUT2D eigenvalue weighted by atomic mass is 16.2. The summed E-state index contributed by atoms with van der Waals surface area (Å²) in [7, 11) is 0. The molecule has 1 saturated heterocycles. The molecule has 1 fully saturated rings. The van der Waals surface area contributed by atoms with Gasteiger partial charge in [-0.1, -0.05) is 13.8 Å². The lowest BCUT2D eigenvalue weighted by molar-refractivity contribution is -0.129. The van der Waals surface area contributed by atoms with Gasteiger partial charge in [0.2, 0.25) is 5.91 Å².